The van der Waals surface area contributed by atoms with E-state index in [1.807, 2.05) is 0 Å². The van der Waals surface area contributed by atoms with Gasteiger partial charge in [-0.15, -0.1) is 0 Å². The average molecular weight is 282 g/mol. The molecule has 0 aliphatic heterocycles. The van der Waals surface area contributed by atoms with Crippen LogP contribution in [0.1, 0.15) is 10.4 Å². The topological polar surface area (TPSA) is 118 Å². The second kappa shape index (κ2) is 10.4. The number of hydrogen-bond donors (Lipinski definition) is 1. The number of halogens is 1. The van der Waals surface area contributed by atoms with Gasteiger partial charge in [0.1, 0.15) is 5.82 Å². The van der Waals surface area contributed by atoms with Crippen molar-refractivity contribution in [2.45, 2.75) is 0 Å². The van der Waals surface area contributed by atoms with Crippen LogP contribution >= 0.6 is 0 Å². The molecule has 0 heterocycles. The Labute approximate surface area is 141 Å². The van der Waals surface area contributed by atoms with Gasteiger partial charge in [-0.3, -0.25) is 8.42 Å². The minimum Gasteiger partial charge on any atom is -0.759 e. The molecule has 84 valence electrons. The molecule has 0 bridgehead atoms. The predicted molar refractivity (Wildman–Crippen MR) is 43.8 cm³/mol. The molecule has 1 aromatic rings. The van der Waals surface area contributed by atoms with E-state index in [2.05, 4.69) is 0 Å². The number of carboxylic acid groups (broad SMARTS) is 1. The van der Waals surface area contributed by atoms with Crippen molar-refractivity contribution in [1.82, 2.24) is 0 Å². The molecular weight excluding hydrogens is 277 g/mol. The van der Waals surface area contributed by atoms with Gasteiger partial charge < -0.3 is 14.2 Å². The Morgan fingerprint density at radius 3 is 1.65 bits per heavy atom. The monoisotopic (exact) mass is 282 g/mol. The minimum atomic E-state index is -5.17. The van der Waals surface area contributed by atoms with Crippen molar-refractivity contribution in [2.24, 2.45) is 0 Å². The van der Waals surface area contributed by atoms with E-state index < -0.39 is 22.2 Å². The number of rotatable bonds is 1. The van der Waals surface area contributed by atoms with E-state index in [4.69, 9.17) is 22.6 Å². The fraction of sp³-hybridized carbons (Fsp3) is 0. The molecule has 0 saturated carbocycles. The molecule has 0 amide bonds. The molecule has 10 heteroatoms. The molecule has 1 aromatic carbocycles. The van der Waals surface area contributed by atoms with Gasteiger partial charge in [0.05, 0.1) is 5.56 Å². The Kier molecular flexibility index (Phi) is 13.9. The molecule has 0 radical (unpaired) electrons. The Morgan fingerprint density at radius 1 is 1.12 bits per heavy atom. The molecule has 0 aliphatic rings. The van der Waals surface area contributed by atoms with Crippen molar-refractivity contribution < 1.29 is 90.9 Å². The summed E-state index contributed by atoms with van der Waals surface area (Å²) in [4.78, 5) is 10.2. The summed E-state index contributed by atoms with van der Waals surface area (Å²) in [5.74, 6) is -1.47. The van der Waals surface area contributed by atoms with Crippen LogP contribution in [-0.4, -0.2) is 28.6 Å². The van der Waals surface area contributed by atoms with Crippen LogP contribution in [0.3, 0.4) is 0 Å². The first-order valence-corrected chi connectivity index (χ1v) is 4.69. The van der Waals surface area contributed by atoms with Crippen LogP contribution in [0.5, 0.6) is 0 Å². The summed E-state index contributed by atoms with van der Waals surface area (Å²) in [5, 5.41) is 8.35. The van der Waals surface area contributed by atoms with E-state index in [-0.39, 0.29) is 64.7 Å². The summed E-state index contributed by atoms with van der Waals surface area (Å²) in [5.41, 5.74) is 0.0985. The zero-order chi connectivity index (χ0) is 12.1. The number of aromatic carboxylic acids is 1. The molecule has 0 aromatic heterocycles. The molecule has 6 nitrogen and oxygen atoms in total. The van der Waals surface area contributed by atoms with Crippen LogP contribution in [0, 0.1) is 5.82 Å². The molecule has 1 N–H and O–H groups in total. The van der Waals surface area contributed by atoms with Crippen LogP contribution in [0.2, 0.25) is 0 Å². The zero-order valence-electron chi connectivity index (χ0n) is 9.08. The maximum Gasteiger partial charge on any atom is 1.00 e. The van der Waals surface area contributed by atoms with Crippen molar-refractivity contribution in [3.8, 4) is 0 Å². The predicted octanol–water partition coefficient (Wildman–Crippen LogP) is -5.81. The van der Waals surface area contributed by atoms with Crippen LogP contribution in [0.15, 0.2) is 24.3 Å². The first kappa shape index (κ1) is 22.7. The van der Waals surface area contributed by atoms with Gasteiger partial charge in [0.25, 0.3) is 0 Å². The Balaban J connectivity index is -0.000000247. The van der Waals surface area contributed by atoms with Crippen molar-refractivity contribution in [3.05, 3.63) is 35.6 Å². The van der Waals surface area contributed by atoms with Gasteiger partial charge in [0, 0.05) is 10.4 Å². The Hall–Kier alpha value is 0.490. The third kappa shape index (κ3) is 16.5. The SMILES string of the molecule is O=C(O)c1ccc(F)cc1.O=S(=O)([O-])[O-].[Na+].[Na+]. The first-order valence-electron chi connectivity index (χ1n) is 3.35. The third-order valence-corrected chi connectivity index (χ3v) is 1.09. The van der Waals surface area contributed by atoms with Gasteiger partial charge in [0.2, 0.25) is 0 Å². The van der Waals surface area contributed by atoms with Gasteiger partial charge in [0.15, 0.2) is 0 Å². The van der Waals surface area contributed by atoms with Gasteiger partial charge in [-0.05, 0) is 24.3 Å². The van der Waals surface area contributed by atoms with Crippen molar-refractivity contribution in [1.29, 1.82) is 0 Å². The molecule has 0 atom stereocenters. The molecule has 0 spiro atoms. The molecule has 17 heavy (non-hydrogen) atoms. The molecule has 0 aliphatic carbocycles. The summed E-state index contributed by atoms with van der Waals surface area (Å²) in [6, 6.07) is 4.67. The molecule has 0 fully saturated rings. The largest absolute Gasteiger partial charge is 1.00 e. The Morgan fingerprint density at radius 2 is 1.41 bits per heavy atom. The van der Waals surface area contributed by atoms with Crippen molar-refractivity contribution in [3.63, 3.8) is 0 Å². The Bertz CT molecular complexity index is 424. The van der Waals surface area contributed by atoms with Crippen LogP contribution in [0.4, 0.5) is 4.39 Å². The zero-order valence-corrected chi connectivity index (χ0v) is 13.9. The average Bonchev–Trinajstić information content (AvgIpc) is 2.01. The number of carbonyl (C=O) groups is 1. The van der Waals surface area contributed by atoms with E-state index in [1.165, 1.54) is 12.1 Å². The van der Waals surface area contributed by atoms with Gasteiger partial charge in [-0.1, -0.05) is 0 Å². The van der Waals surface area contributed by atoms with Crippen LogP contribution in [-0.2, 0) is 10.4 Å². The van der Waals surface area contributed by atoms with Gasteiger partial charge in [-0.25, -0.2) is 9.18 Å². The normalized spacial score (nSPS) is 8.88. The molecule has 1 rings (SSSR count). The van der Waals surface area contributed by atoms with E-state index in [0.29, 0.717) is 0 Å². The summed E-state index contributed by atoms with van der Waals surface area (Å²) < 4.78 is 46.2. The summed E-state index contributed by atoms with van der Waals surface area (Å²) in [7, 11) is -5.17. The van der Waals surface area contributed by atoms with Crippen molar-refractivity contribution >= 4 is 16.4 Å². The van der Waals surface area contributed by atoms with E-state index in [0.717, 1.165) is 12.1 Å². The fourth-order valence-corrected chi connectivity index (χ4v) is 0.592. The third-order valence-electron chi connectivity index (χ3n) is 1.09. The standard InChI is InChI=1S/C7H5FO2.2Na.H2O4S/c8-6-3-1-5(2-4-6)7(9)10;;;1-5(2,3)4/h1-4H,(H,9,10);;;(H2,1,2,3,4)/q;2*+1;/p-2. The quantitative estimate of drug-likeness (QED) is 0.311. The van der Waals surface area contributed by atoms with Crippen LogP contribution in [0.25, 0.3) is 0 Å². The molecule has 0 saturated heterocycles. The maximum atomic E-state index is 12.2. The number of benzene rings is 1. The van der Waals surface area contributed by atoms with Crippen LogP contribution < -0.4 is 59.1 Å². The summed E-state index contributed by atoms with van der Waals surface area (Å²) in [6.07, 6.45) is 0. The van der Waals surface area contributed by atoms with Crippen molar-refractivity contribution in [2.75, 3.05) is 0 Å². The number of hydrogen-bond acceptors (Lipinski definition) is 5. The smallest absolute Gasteiger partial charge is 0.759 e. The van der Waals surface area contributed by atoms with E-state index >= 15 is 0 Å². The molecular formula is C7H5FNa2O6S. The first-order chi connectivity index (χ1) is 6.70. The summed E-state index contributed by atoms with van der Waals surface area (Å²) >= 11 is 0. The fourth-order valence-electron chi connectivity index (χ4n) is 0.592. The second-order valence-electron chi connectivity index (χ2n) is 2.22. The number of carboxylic acids is 1. The molecule has 0 unspecified atom stereocenters. The second-order valence-corrected chi connectivity index (χ2v) is 3.04. The maximum absolute atomic E-state index is 12.2. The van der Waals surface area contributed by atoms with E-state index in [9.17, 15) is 9.18 Å². The summed E-state index contributed by atoms with van der Waals surface area (Å²) in [6.45, 7) is 0. The van der Waals surface area contributed by atoms with E-state index in [1.54, 1.807) is 0 Å². The van der Waals surface area contributed by atoms with Gasteiger partial charge in [-0.2, -0.15) is 0 Å². The minimum absolute atomic E-state index is 0. The van der Waals surface area contributed by atoms with Gasteiger partial charge >= 0.3 is 65.1 Å².